The maximum absolute atomic E-state index is 13.8. The highest BCUT2D eigenvalue weighted by molar-refractivity contribution is 9.12. The molecule has 3 aliphatic rings. The third kappa shape index (κ3) is 5.49. The number of alkyl halides is 2. The smallest absolute Gasteiger partial charge is 0.343 e. The number of rotatable bonds is 9. The fourth-order valence-electron chi connectivity index (χ4n) is 6.53. The van der Waals surface area contributed by atoms with Gasteiger partial charge in [0.25, 0.3) is 23.4 Å². The van der Waals surface area contributed by atoms with Crippen LogP contribution in [-0.2, 0) is 9.59 Å². The van der Waals surface area contributed by atoms with E-state index in [0.29, 0.717) is 12.2 Å². The van der Waals surface area contributed by atoms with Crippen molar-refractivity contribution >= 4 is 67.0 Å². The summed E-state index contributed by atoms with van der Waals surface area (Å²) >= 11 is 7.28. The summed E-state index contributed by atoms with van der Waals surface area (Å²) in [4.78, 5) is 78.0. The molecule has 1 heterocycles. The Balaban J connectivity index is 1.25. The minimum Gasteiger partial charge on any atom is -0.497 e. The Hall–Kier alpha value is -4.43. The number of ether oxygens (including phenoxy) is 2. The van der Waals surface area contributed by atoms with Crippen LogP contribution in [0.15, 0.2) is 72.8 Å². The molecule has 6 atom stereocenters. The first-order valence-corrected chi connectivity index (χ1v) is 16.0. The predicted octanol–water partition coefficient (Wildman–Crippen LogP) is 4.84. The number of carbonyl (C=O) groups excluding carboxylic acids is 5. The van der Waals surface area contributed by atoms with Crippen molar-refractivity contribution in [3.8, 4) is 11.5 Å². The van der Waals surface area contributed by atoms with Crippen molar-refractivity contribution < 1.29 is 38.4 Å². The minimum atomic E-state index is -0.841. The Labute approximate surface area is 279 Å². The molecule has 3 aromatic carbocycles. The molecule has 2 bridgehead atoms. The summed E-state index contributed by atoms with van der Waals surface area (Å²) in [5.41, 5.74) is 0.0895. The van der Waals surface area contributed by atoms with E-state index in [9.17, 15) is 34.1 Å². The molecule has 2 aliphatic carbocycles. The number of hydrazine groups is 1. The number of fused-ring (bicyclic) bond motifs is 5. The number of halogens is 2. The lowest BCUT2D eigenvalue weighted by Gasteiger charge is -2.30. The average molecular weight is 755 g/mol. The van der Waals surface area contributed by atoms with E-state index in [0.717, 1.165) is 22.2 Å². The molecule has 2 saturated carbocycles. The molecule has 0 N–H and O–H groups in total. The SMILES string of the molecule is COc1cccc(C(=O)Oc2ccc(C(=O)CN(C(=O)c3ccc([N+](=O)[O-])cc3)N3C(=O)[C@@H]4[C@H]5C[C@@H]([C@H](Br)[C@H]5Br)[C@@H]4C3=O)cc2)c1. The summed E-state index contributed by atoms with van der Waals surface area (Å²) in [5.74, 6) is -4.10. The van der Waals surface area contributed by atoms with Crippen molar-refractivity contribution in [1.29, 1.82) is 0 Å². The number of nitrogens with zero attached hydrogens (tertiary/aromatic N) is 3. The Morgan fingerprint density at radius 3 is 2.02 bits per heavy atom. The summed E-state index contributed by atoms with van der Waals surface area (Å²) in [5, 5.41) is 12.8. The first kappa shape index (κ1) is 31.5. The zero-order valence-electron chi connectivity index (χ0n) is 24.1. The number of nitro groups is 1. The first-order chi connectivity index (χ1) is 22.0. The van der Waals surface area contributed by atoms with E-state index in [2.05, 4.69) is 31.9 Å². The highest BCUT2D eigenvalue weighted by Gasteiger charge is 2.67. The van der Waals surface area contributed by atoms with Crippen molar-refractivity contribution in [3.05, 3.63) is 99.6 Å². The van der Waals surface area contributed by atoms with E-state index >= 15 is 0 Å². The predicted molar refractivity (Wildman–Crippen MR) is 169 cm³/mol. The number of amides is 3. The van der Waals surface area contributed by atoms with E-state index in [1.54, 1.807) is 18.2 Å². The van der Waals surface area contributed by atoms with Gasteiger partial charge in [0, 0.05) is 32.9 Å². The number of nitro benzene ring substituents is 1. The molecule has 0 aromatic heterocycles. The number of ketones is 1. The van der Waals surface area contributed by atoms with Gasteiger partial charge in [0.05, 0.1) is 29.4 Å². The maximum Gasteiger partial charge on any atom is 0.343 e. The molecular weight excluding hydrogens is 730 g/mol. The Bertz CT molecular complexity index is 1730. The van der Waals surface area contributed by atoms with Crippen LogP contribution in [0.3, 0.4) is 0 Å². The van der Waals surface area contributed by atoms with Crippen molar-refractivity contribution in [2.75, 3.05) is 13.7 Å². The van der Waals surface area contributed by atoms with Crippen molar-refractivity contribution in [2.24, 2.45) is 23.7 Å². The quantitative estimate of drug-likeness (QED) is 0.0568. The van der Waals surface area contributed by atoms with E-state index in [1.807, 2.05) is 0 Å². The van der Waals surface area contributed by atoms with Crippen LogP contribution in [0, 0.1) is 33.8 Å². The van der Waals surface area contributed by atoms with Gasteiger partial charge in [-0.1, -0.05) is 37.9 Å². The Kier molecular flexibility index (Phi) is 8.51. The van der Waals surface area contributed by atoms with Gasteiger partial charge in [-0.2, -0.15) is 5.01 Å². The van der Waals surface area contributed by atoms with Crippen LogP contribution in [0.1, 0.15) is 37.5 Å². The average Bonchev–Trinajstić information content (AvgIpc) is 3.68. The number of Topliss-reactive ketones (excluding diaryl/α,β-unsaturated/α-hetero) is 1. The zero-order chi connectivity index (χ0) is 32.9. The van der Waals surface area contributed by atoms with E-state index in [1.165, 1.54) is 49.6 Å². The lowest BCUT2D eigenvalue weighted by molar-refractivity contribution is -0.384. The topological polar surface area (TPSA) is 153 Å². The summed E-state index contributed by atoms with van der Waals surface area (Å²) in [6.07, 6.45) is 0.677. The number of methoxy groups -OCH3 is 1. The molecule has 0 radical (unpaired) electrons. The molecule has 236 valence electrons. The number of hydrogen-bond donors (Lipinski definition) is 0. The number of carbonyl (C=O) groups is 5. The monoisotopic (exact) mass is 753 g/mol. The highest BCUT2D eigenvalue weighted by atomic mass is 79.9. The van der Waals surface area contributed by atoms with Crippen LogP contribution in [0.5, 0.6) is 11.5 Å². The molecule has 1 saturated heterocycles. The van der Waals surface area contributed by atoms with Crippen LogP contribution in [0.4, 0.5) is 5.69 Å². The number of imide groups is 1. The third-order valence-electron chi connectivity index (χ3n) is 8.75. The summed E-state index contributed by atoms with van der Waals surface area (Å²) < 4.78 is 10.5. The molecule has 1 aliphatic heterocycles. The largest absolute Gasteiger partial charge is 0.497 e. The maximum atomic E-state index is 13.8. The van der Waals surface area contributed by atoms with E-state index in [-0.39, 0.29) is 49.6 Å². The standard InChI is InChI=1S/C32H25Br2N3O9/c1-45-21-4-2-3-18(13-21)32(42)46-20-11-7-16(8-12-20)24(38)15-35(29(39)17-5-9-19(10-6-17)37(43)44)36-30(40)25-22-14-23(26(25)31(36)41)28(34)27(22)33/h2-13,22-23,25-28H,14-15H2,1H3/t22-,23-,25-,26+,27+,28+/m1/s1. The number of non-ortho nitro benzene ring substituents is 1. The van der Waals surface area contributed by atoms with Crippen LogP contribution in [-0.4, -0.2) is 67.7 Å². The summed E-state index contributed by atoms with van der Waals surface area (Å²) in [7, 11) is 1.48. The number of esters is 1. The Morgan fingerprint density at radius 2 is 1.46 bits per heavy atom. The van der Waals surface area contributed by atoms with Crippen molar-refractivity contribution in [2.45, 2.75) is 16.1 Å². The second-order valence-corrected chi connectivity index (χ2v) is 13.3. The molecule has 46 heavy (non-hydrogen) atoms. The van der Waals surface area contributed by atoms with Crippen LogP contribution >= 0.6 is 31.9 Å². The lowest BCUT2D eigenvalue weighted by Crippen LogP contribution is -2.52. The van der Waals surface area contributed by atoms with Gasteiger partial charge < -0.3 is 9.47 Å². The summed E-state index contributed by atoms with van der Waals surface area (Å²) in [6, 6.07) is 16.7. The van der Waals surface area contributed by atoms with Crippen LogP contribution < -0.4 is 9.47 Å². The molecule has 3 fully saturated rings. The van der Waals surface area contributed by atoms with E-state index in [4.69, 9.17) is 9.47 Å². The fraction of sp³-hybridized carbons (Fsp3) is 0.281. The molecule has 3 amide bonds. The molecule has 12 nitrogen and oxygen atoms in total. The van der Waals surface area contributed by atoms with Crippen molar-refractivity contribution in [3.63, 3.8) is 0 Å². The van der Waals surface area contributed by atoms with Crippen LogP contribution in [0.2, 0.25) is 0 Å². The highest BCUT2D eigenvalue weighted by Crippen LogP contribution is 2.60. The van der Waals surface area contributed by atoms with Gasteiger partial charge in [-0.15, -0.1) is 0 Å². The van der Waals surface area contributed by atoms with Gasteiger partial charge in [-0.25, -0.2) is 9.80 Å². The summed E-state index contributed by atoms with van der Waals surface area (Å²) in [6.45, 7) is -0.666. The second kappa shape index (κ2) is 12.4. The fourth-order valence-corrected chi connectivity index (χ4v) is 8.40. The normalized spacial score (nSPS) is 24.5. The lowest BCUT2D eigenvalue weighted by atomic mass is 9.81. The molecule has 0 unspecified atom stereocenters. The third-order valence-corrected chi connectivity index (χ3v) is 12.0. The zero-order valence-corrected chi connectivity index (χ0v) is 27.3. The first-order valence-electron chi connectivity index (χ1n) is 14.2. The van der Waals surface area contributed by atoms with Gasteiger partial charge in [0.15, 0.2) is 5.78 Å². The van der Waals surface area contributed by atoms with Crippen LogP contribution in [0.25, 0.3) is 0 Å². The Morgan fingerprint density at radius 1 is 0.870 bits per heavy atom. The molecular formula is C32H25Br2N3O9. The van der Waals surface area contributed by atoms with Crippen molar-refractivity contribution in [1.82, 2.24) is 10.0 Å². The van der Waals surface area contributed by atoms with Gasteiger partial charge in [-0.05, 0) is 72.9 Å². The minimum absolute atomic E-state index is 0.0348. The number of hydrogen-bond acceptors (Lipinski definition) is 9. The van der Waals surface area contributed by atoms with Gasteiger partial charge >= 0.3 is 5.97 Å². The molecule has 0 spiro atoms. The molecule has 14 heteroatoms. The van der Waals surface area contributed by atoms with Gasteiger partial charge in [0.2, 0.25) is 0 Å². The van der Waals surface area contributed by atoms with E-state index < -0.39 is 52.8 Å². The number of benzene rings is 3. The molecule has 3 aromatic rings. The van der Waals surface area contributed by atoms with Gasteiger partial charge in [-0.3, -0.25) is 29.3 Å². The van der Waals surface area contributed by atoms with Gasteiger partial charge in [0.1, 0.15) is 18.0 Å². The molecule has 6 rings (SSSR count). The second-order valence-electron chi connectivity index (χ2n) is 11.2.